The molecule has 8 nitrogen and oxygen atoms in total. The Morgan fingerprint density at radius 3 is 2.52 bits per heavy atom. The highest BCUT2D eigenvalue weighted by atomic mass is 16.3. The van der Waals surface area contributed by atoms with Gasteiger partial charge in [0.2, 0.25) is 5.95 Å². The zero-order valence-electron chi connectivity index (χ0n) is 15.8. The topological polar surface area (TPSA) is 108 Å². The molecule has 0 amide bonds. The summed E-state index contributed by atoms with van der Waals surface area (Å²) in [7, 11) is 0. The maximum Gasteiger partial charge on any atom is 0.227 e. The summed E-state index contributed by atoms with van der Waals surface area (Å²) in [6, 6.07) is 7.11. The van der Waals surface area contributed by atoms with Gasteiger partial charge in [0.15, 0.2) is 17.0 Å². The molecule has 4 N–H and O–H groups in total. The minimum Gasteiger partial charge on any atom is -0.508 e. The first kappa shape index (κ1) is 18.9. The molecular weight excluding hydrogens is 344 g/mol. The maximum absolute atomic E-state index is 9.48. The van der Waals surface area contributed by atoms with Crippen LogP contribution in [0.25, 0.3) is 11.2 Å². The van der Waals surface area contributed by atoms with E-state index in [0.29, 0.717) is 23.8 Å². The number of phenols is 1. The maximum atomic E-state index is 9.48. The van der Waals surface area contributed by atoms with Gasteiger partial charge >= 0.3 is 0 Å². The summed E-state index contributed by atoms with van der Waals surface area (Å²) in [5.41, 5.74) is 2.45. The monoisotopic (exact) mass is 370 g/mol. The minimum atomic E-state index is -0.109. The van der Waals surface area contributed by atoms with Gasteiger partial charge in [-0.15, -0.1) is 0 Å². The van der Waals surface area contributed by atoms with Gasteiger partial charge in [0.05, 0.1) is 19.0 Å². The average Bonchev–Trinajstić information content (AvgIpc) is 3.09. The van der Waals surface area contributed by atoms with Crippen molar-refractivity contribution in [3.63, 3.8) is 0 Å². The van der Waals surface area contributed by atoms with Gasteiger partial charge in [0, 0.05) is 12.6 Å². The first-order valence-electron chi connectivity index (χ1n) is 9.15. The third-order valence-electron chi connectivity index (χ3n) is 4.42. The van der Waals surface area contributed by atoms with Gasteiger partial charge in [0.25, 0.3) is 0 Å². The number of aliphatic hydroxyl groups excluding tert-OH is 1. The van der Waals surface area contributed by atoms with E-state index in [1.165, 1.54) is 0 Å². The van der Waals surface area contributed by atoms with E-state index in [2.05, 4.69) is 39.4 Å². The van der Waals surface area contributed by atoms with Gasteiger partial charge in [-0.05, 0) is 38.0 Å². The number of imidazole rings is 1. The minimum absolute atomic E-state index is 0.0115. The summed E-state index contributed by atoms with van der Waals surface area (Å²) in [4.78, 5) is 13.7. The molecule has 0 radical (unpaired) electrons. The number of hydrogen-bond donors (Lipinski definition) is 4. The predicted octanol–water partition coefficient (Wildman–Crippen LogP) is 2.91. The molecule has 0 aliphatic rings. The molecule has 2 heterocycles. The lowest BCUT2D eigenvalue weighted by Crippen LogP contribution is -2.24. The van der Waals surface area contributed by atoms with Crippen LogP contribution >= 0.6 is 0 Å². The molecule has 0 bridgehead atoms. The third kappa shape index (κ3) is 4.28. The molecule has 0 spiro atoms. The van der Waals surface area contributed by atoms with Crippen molar-refractivity contribution in [2.24, 2.45) is 0 Å². The normalized spacial score (nSPS) is 12.5. The lowest BCUT2D eigenvalue weighted by Gasteiger charge is -2.16. The molecule has 8 heteroatoms. The molecule has 3 aromatic rings. The van der Waals surface area contributed by atoms with Gasteiger partial charge in [-0.3, -0.25) is 0 Å². The third-order valence-corrected chi connectivity index (χ3v) is 4.42. The number of aromatic hydroxyl groups is 1. The second-order valence-electron chi connectivity index (χ2n) is 6.77. The van der Waals surface area contributed by atoms with E-state index in [4.69, 9.17) is 0 Å². The molecular formula is C19H26N6O2. The van der Waals surface area contributed by atoms with Gasteiger partial charge in [-0.1, -0.05) is 19.1 Å². The van der Waals surface area contributed by atoms with Crippen molar-refractivity contribution in [2.75, 3.05) is 17.2 Å². The van der Waals surface area contributed by atoms with Gasteiger partial charge < -0.3 is 25.4 Å². The first-order chi connectivity index (χ1) is 13.0. The van der Waals surface area contributed by atoms with Crippen molar-refractivity contribution in [2.45, 2.75) is 45.8 Å². The molecule has 0 unspecified atom stereocenters. The highest BCUT2D eigenvalue weighted by molar-refractivity contribution is 5.84. The molecule has 1 aromatic carbocycles. The van der Waals surface area contributed by atoms with Crippen LogP contribution in [0.1, 0.15) is 38.8 Å². The van der Waals surface area contributed by atoms with Crippen LogP contribution in [0.3, 0.4) is 0 Å². The highest BCUT2D eigenvalue weighted by Gasteiger charge is 2.16. The number of aromatic nitrogens is 4. The van der Waals surface area contributed by atoms with Crippen LogP contribution in [-0.4, -0.2) is 42.4 Å². The Morgan fingerprint density at radius 1 is 1.15 bits per heavy atom. The van der Waals surface area contributed by atoms with Crippen LogP contribution in [0.4, 0.5) is 11.8 Å². The first-order valence-corrected chi connectivity index (χ1v) is 9.15. The van der Waals surface area contributed by atoms with Crippen molar-refractivity contribution < 1.29 is 10.2 Å². The second-order valence-corrected chi connectivity index (χ2v) is 6.77. The number of hydrogen-bond acceptors (Lipinski definition) is 7. The van der Waals surface area contributed by atoms with E-state index in [1.54, 1.807) is 18.5 Å². The van der Waals surface area contributed by atoms with Gasteiger partial charge in [-0.25, -0.2) is 4.98 Å². The van der Waals surface area contributed by atoms with E-state index < -0.39 is 0 Å². The molecule has 27 heavy (non-hydrogen) atoms. The van der Waals surface area contributed by atoms with Gasteiger partial charge in [-0.2, -0.15) is 9.97 Å². The molecule has 0 fully saturated rings. The Bertz CT molecular complexity index is 887. The Labute approximate surface area is 158 Å². The molecule has 0 saturated heterocycles. The fourth-order valence-corrected chi connectivity index (χ4v) is 2.74. The lowest BCUT2D eigenvalue weighted by atomic mass is 10.2. The van der Waals surface area contributed by atoms with Crippen LogP contribution in [0.5, 0.6) is 5.75 Å². The smallest absolute Gasteiger partial charge is 0.227 e. The number of anilines is 2. The van der Waals surface area contributed by atoms with Crippen LogP contribution in [0, 0.1) is 0 Å². The van der Waals surface area contributed by atoms with Crippen molar-refractivity contribution in [1.29, 1.82) is 0 Å². The van der Waals surface area contributed by atoms with E-state index in [-0.39, 0.29) is 24.4 Å². The van der Waals surface area contributed by atoms with Crippen molar-refractivity contribution >= 4 is 22.9 Å². The Kier molecular flexibility index (Phi) is 5.75. The number of aliphatic hydroxyl groups is 1. The molecule has 2 aromatic heterocycles. The molecule has 1 atom stereocenters. The number of nitrogens with one attached hydrogen (secondary N) is 2. The molecule has 144 valence electrons. The number of rotatable bonds is 8. The SMILES string of the molecule is CC[C@H](CO)Nc1nc(NCc2ccc(O)cc2)c2ncn(C(C)C)c2n1. The van der Waals surface area contributed by atoms with Gasteiger partial charge in [0.1, 0.15) is 5.75 Å². The zero-order chi connectivity index (χ0) is 19.4. The van der Waals surface area contributed by atoms with E-state index in [9.17, 15) is 10.2 Å². The van der Waals surface area contributed by atoms with Crippen LogP contribution < -0.4 is 10.6 Å². The van der Waals surface area contributed by atoms with Crippen molar-refractivity contribution in [3.8, 4) is 5.75 Å². The summed E-state index contributed by atoms with van der Waals surface area (Å²) in [6.45, 7) is 6.69. The molecule has 0 aliphatic carbocycles. The Morgan fingerprint density at radius 2 is 1.89 bits per heavy atom. The largest absolute Gasteiger partial charge is 0.508 e. The van der Waals surface area contributed by atoms with E-state index in [1.807, 2.05) is 23.6 Å². The summed E-state index contributed by atoms with van der Waals surface area (Å²) >= 11 is 0. The fourth-order valence-electron chi connectivity index (χ4n) is 2.74. The quantitative estimate of drug-likeness (QED) is 0.483. The van der Waals surface area contributed by atoms with Crippen molar-refractivity contribution in [3.05, 3.63) is 36.2 Å². The summed E-state index contributed by atoms with van der Waals surface area (Å²) < 4.78 is 1.99. The summed E-state index contributed by atoms with van der Waals surface area (Å²) in [5.74, 6) is 1.32. The van der Waals surface area contributed by atoms with Crippen LogP contribution in [0.2, 0.25) is 0 Å². The fraction of sp³-hybridized carbons (Fsp3) is 0.421. The summed E-state index contributed by atoms with van der Waals surface area (Å²) in [6.07, 6.45) is 2.53. The molecule has 0 saturated carbocycles. The molecule has 3 rings (SSSR count). The van der Waals surface area contributed by atoms with Crippen molar-refractivity contribution in [1.82, 2.24) is 19.5 Å². The lowest BCUT2D eigenvalue weighted by molar-refractivity contribution is 0.271. The standard InChI is InChI=1S/C19H26N6O2/c1-4-14(10-26)22-19-23-17(20-9-13-5-7-15(27)8-6-13)16-18(24-19)25(11-21-16)12(2)3/h5-8,11-12,14,26-27H,4,9-10H2,1-3H3,(H2,20,22,23,24)/t14-/m1/s1. The summed E-state index contributed by atoms with van der Waals surface area (Å²) in [5, 5.41) is 25.4. The number of fused-ring (bicyclic) bond motifs is 1. The second kappa shape index (κ2) is 8.22. The number of nitrogens with zero attached hydrogens (tertiary/aromatic N) is 4. The Hall–Kier alpha value is -2.87. The van der Waals surface area contributed by atoms with E-state index in [0.717, 1.165) is 17.6 Å². The van der Waals surface area contributed by atoms with Crippen LogP contribution in [-0.2, 0) is 6.54 Å². The Balaban J connectivity index is 1.94. The zero-order valence-corrected chi connectivity index (χ0v) is 15.8. The number of benzene rings is 1. The number of phenolic OH excluding ortho intramolecular Hbond substituents is 1. The van der Waals surface area contributed by atoms with Crippen LogP contribution in [0.15, 0.2) is 30.6 Å². The average molecular weight is 370 g/mol. The molecule has 0 aliphatic heterocycles. The van der Waals surface area contributed by atoms with E-state index >= 15 is 0 Å². The highest BCUT2D eigenvalue weighted by Crippen LogP contribution is 2.24. The predicted molar refractivity (Wildman–Crippen MR) is 106 cm³/mol.